The molecule has 2 aromatic heterocycles. The molecular formula is C67H70S2. The van der Waals surface area contributed by atoms with Gasteiger partial charge in [-0.2, -0.15) is 0 Å². The summed E-state index contributed by atoms with van der Waals surface area (Å²) < 4.78 is 0. The molecule has 0 bridgehead atoms. The summed E-state index contributed by atoms with van der Waals surface area (Å²) >= 11 is 3.77. The molecule has 0 fully saturated rings. The minimum atomic E-state index is -0.544. The molecule has 0 radical (unpaired) electrons. The van der Waals surface area contributed by atoms with Crippen molar-refractivity contribution in [2.75, 3.05) is 0 Å². The van der Waals surface area contributed by atoms with Crippen molar-refractivity contribution in [3.63, 3.8) is 0 Å². The highest BCUT2D eigenvalue weighted by Gasteiger charge is 2.50. The highest BCUT2D eigenvalue weighted by atomic mass is 32.1. The van der Waals surface area contributed by atoms with E-state index in [9.17, 15) is 0 Å². The van der Waals surface area contributed by atoms with E-state index < -0.39 is 10.8 Å². The average molecular weight is 939 g/mol. The number of benzene rings is 6. The lowest BCUT2D eigenvalue weighted by molar-refractivity contribution is 0.519. The van der Waals surface area contributed by atoms with E-state index >= 15 is 0 Å². The lowest BCUT2D eigenvalue weighted by Crippen LogP contribution is -2.29. The first-order chi connectivity index (χ1) is 32.4. The SMILES string of the molecule is C=C(/C=C\C(=C/C)C1(c2ccc(C(C)(C)C)cc2)c2cc3c(cc2-c2sccc21)c(C)c(C)c1cc2c(cc13)C(c1ccc(C(C)(C)C)cc1)(c1ccc(C(C)(C)C)cc1)c1ccsc1-2)C(C)(C)C. The van der Waals surface area contributed by atoms with Crippen LogP contribution in [0.2, 0.25) is 0 Å². The molecular weight excluding hydrogens is 869 g/mol. The summed E-state index contributed by atoms with van der Waals surface area (Å²) in [6.45, 7) is 39.1. The van der Waals surface area contributed by atoms with Crippen LogP contribution in [0, 0.1) is 19.3 Å². The fourth-order valence-electron chi connectivity index (χ4n) is 11.7. The van der Waals surface area contributed by atoms with Gasteiger partial charge in [-0.25, -0.2) is 0 Å². The van der Waals surface area contributed by atoms with Crippen LogP contribution in [0.1, 0.15) is 157 Å². The van der Waals surface area contributed by atoms with Crippen LogP contribution >= 0.6 is 22.7 Å². The maximum atomic E-state index is 4.58. The van der Waals surface area contributed by atoms with Crippen LogP contribution in [-0.4, -0.2) is 0 Å². The normalized spacial score (nSPS) is 16.9. The number of hydrogen-bond acceptors (Lipinski definition) is 2. The van der Waals surface area contributed by atoms with E-state index in [2.05, 4.69) is 249 Å². The Bertz CT molecular complexity index is 3360. The van der Waals surface area contributed by atoms with Gasteiger partial charge in [-0.05, 0) is 200 Å². The number of allylic oxidation sites excluding steroid dienone is 5. The Kier molecular flexibility index (Phi) is 10.9. The van der Waals surface area contributed by atoms with Gasteiger partial charge < -0.3 is 0 Å². The molecule has 2 aliphatic rings. The van der Waals surface area contributed by atoms with Crippen LogP contribution in [-0.2, 0) is 27.1 Å². The fraction of sp³-hybridized carbons (Fsp3) is 0.313. The minimum absolute atomic E-state index is 0.0349. The van der Waals surface area contributed by atoms with Crippen molar-refractivity contribution in [2.24, 2.45) is 5.41 Å². The molecule has 10 rings (SSSR count). The van der Waals surface area contributed by atoms with Gasteiger partial charge in [0, 0.05) is 9.75 Å². The molecule has 0 amide bonds. The first-order valence-corrected chi connectivity index (χ1v) is 26.8. The van der Waals surface area contributed by atoms with Crippen molar-refractivity contribution >= 4 is 44.2 Å². The molecule has 2 aliphatic carbocycles. The van der Waals surface area contributed by atoms with Crippen molar-refractivity contribution in [1.29, 1.82) is 0 Å². The molecule has 1 atom stereocenters. The third-order valence-electron chi connectivity index (χ3n) is 16.1. The monoisotopic (exact) mass is 938 g/mol. The molecule has 0 nitrogen and oxygen atoms in total. The lowest BCUT2D eigenvalue weighted by atomic mass is 9.66. The Balaban J connectivity index is 1.31. The highest BCUT2D eigenvalue weighted by molar-refractivity contribution is 7.14. The van der Waals surface area contributed by atoms with Crippen LogP contribution in [0.25, 0.3) is 42.4 Å². The van der Waals surface area contributed by atoms with Crippen LogP contribution in [0.4, 0.5) is 0 Å². The second-order valence-electron chi connectivity index (χ2n) is 24.3. The number of thiophene rings is 2. The fourth-order valence-corrected chi connectivity index (χ4v) is 13.7. The van der Waals surface area contributed by atoms with Crippen LogP contribution in [0.3, 0.4) is 0 Å². The maximum absolute atomic E-state index is 4.58. The van der Waals surface area contributed by atoms with E-state index in [-0.39, 0.29) is 21.7 Å². The Morgan fingerprint density at radius 3 is 1.30 bits per heavy atom. The number of fused-ring (bicyclic) bond motifs is 9. The lowest BCUT2D eigenvalue weighted by Gasteiger charge is -2.35. The Hall–Kier alpha value is -5.54. The molecule has 6 aromatic carbocycles. The number of rotatable bonds is 6. The topological polar surface area (TPSA) is 0 Å². The molecule has 69 heavy (non-hydrogen) atoms. The molecule has 350 valence electrons. The first kappa shape index (κ1) is 47.2. The summed E-state index contributed by atoms with van der Waals surface area (Å²) in [7, 11) is 0. The van der Waals surface area contributed by atoms with Gasteiger partial charge in [0.1, 0.15) is 0 Å². The molecule has 0 saturated heterocycles. The molecule has 0 saturated carbocycles. The van der Waals surface area contributed by atoms with Crippen LogP contribution < -0.4 is 0 Å². The third-order valence-corrected chi connectivity index (χ3v) is 18.0. The van der Waals surface area contributed by atoms with Gasteiger partial charge in [-0.3, -0.25) is 0 Å². The van der Waals surface area contributed by atoms with Crippen LogP contribution in [0.15, 0.2) is 156 Å². The Morgan fingerprint density at radius 1 is 0.464 bits per heavy atom. The van der Waals surface area contributed by atoms with E-state index in [0.717, 1.165) is 5.57 Å². The van der Waals surface area contributed by atoms with Crippen molar-refractivity contribution in [3.05, 3.63) is 223 Å². The Labute approximate surface area is 421 Å². The highest BCUT2D eigenvalue weighted by Crippen LogP contribution is 2.62. The predicted molar refractivity (Wildman–Crippen MR) is 303 cm³/mol. The first-order valence-electron chi connectivity index (χ1n) is 25.0. The zero-order valence-corrected chi connectivity index (χ0v) is 45.4. The summed E-state index contributed by atoms with van der Waals surface area (Å²) in [5, 5.41) is 9.92. The molecule has 8 aromatic rings. The third kappa shape index (κ3) is 7.09. The summed E-state index contributed by atoms with van der Waals surface area (Å²) in [4.78, 5) is 2.74. The quantitative estimate of drug-likeness (QED) is 0.115. The smallest absolute Gasteiger partial charge is 0.0722 e. The molecule has 0 aliphatic heterocycles. The molecule has 2 heteroatoms. The Morgan fingerprint density at radius 2 is 0.870 bits per heavy atom. The minimum Gasteiger partial charge on any atom is -0.143 e. The van der Waals surface area contributed by atoms with E-state index in [1.165, 1.54) is 115 Å². The summed E-state index contributed by atoms with van der Waals surface area (Å²) in [6.07, 6.45) is 7.01. The zero-order valence-electron chi connectivity index (χ0n) is 43.8. The largest absolute Gasteiger partial charge is 0.143 e. The van der Waals surface area contributed by atoms with E-state index in [4.69, 9.17) is 0 Å². The average Bonchev–Trinajstić information content (AvgIpc) is 4.09. The standard InChI is InChI=1S/C67H70S2/c1-17-43(19-18-40(2)62(5,6)7)66(47-26-20-44(21-27-47)63(8,9)10)56-32-34-68-60(56)54-36-50-41(3)42(4)51-37-55-59(39-53(51)52(50)38-58(54)66)67(57-33-35-69-61(55)57,48-28-22-45(23-29-48)64(11,12)13)49-30-24-46(25-31-49)65(14,15)16/h17-39H,2H2,1,3-16H3/b19-18-,43-17+. The van der Waals surface area contributed by atoms with E-state index in [1.54, 1.807) is 0 Å². The molecule has 0 spiro atoms. The zero-order chi connectivity index (χ0) is 49.4. The van der Waals surface area contributed by atoms with E-state index in [1.807, 2.05) is 22.7 Å². The summed E-state index contributed by atoms with van der Waals surface area (Å²) in [6, 6.07) is 44.1. The summed E-state index contributed by atoms with van der Waals surface area (Å²) in [5.41, 5.74) is 20.2. The van der Waals surface area contributed by atoms with Gasteiger partial charge in [0.05, 0.1) is 10.8 Å². The second kappa shape index (κ2) is 16.0. The van der Waals surface area contributed by atoms with Gasteiger partial charge in [0.25, 0.3) is 0 Å². The van der Waals surface area contributed by atoms with Crippen molar-refractivity contribution in [3.8, 4) is 20.9 Å². The predicted octanol–water partition coefficient (Wildman–Crippen LogP) is 19.4. The van der Waals surface area contributed by atoms with Gasteiger partial charge in [0.2, 0.25) is 0 Å². The molecule has 0 N–H and O–H groups in total. The van der Waals surface area contributed by atoms with Crippen molar-refractivity contribution in [1.82, 2.24) is 0 Å². The summed E-state index contributed by atoms with van der Waals surface area (Å²) in [5.74, 6) is 0. The van der Waals surface area contributed by atoms with Crippen LogP contribution in [0.5, 0.6) is 0 Å². The molecule has 2 heterocycles. The molecule has 1 unspecified atom stereocenters. The number of aryl methyl sites for hydroxylation is 2. The maximum Gasteiger partial charge on any atom is 0.0722 e. The van der Waals surface area contributed by atoms with Crippen molar-refractivity contribution in [2.45, 2.75) is 131 Å². The second-order valence-corrected chi connectivity index (χ2v) is 26.1. The van der Waals surface area contributed by atoms with Gasteiger partial charge in [0.15, 0.2) is 0 Å². The number of hydrogen-bond donors (Lipinski definition) is 0. The van der Waals surface area contributed by atoms with Crippen molar-refractivity contribution < 1.29 is 0 Å². The van der Waals surface area contributed by atoms with E-state index in [0.29, 0.717) is 0 Å². The van der Waals surface area contributed by atoms with Gasteiger partial charge in [-0.1, -0.05) is 181 Å². The van der Waals surface area contributed by atoms with Gasteiger partial charge >= 0.3 is 0 Å². The van der Waals surface area contributed by atoms with Gasteiger partial charge in [-0.15, -0.1) is 22.7 Å².